The summed E-state index contributed by atoms with van der Waals surface area (Å²) in [5.41, 5.74) is 0.154. The molecule has 0 spiro atoms. The Morgan fingerprint density at radius 1 is 1.29 bits per heavy atom. The minimum absolute atomic E-state index is 0.133. The van der Waals surface area contributed by atoms with E-state index in [1.54, 1.807) is 0 Å². The molecule has 0 saturated heterocycles. The second-order valence-corrected chi connectivity index (χ2v) is 6.12. The van der Waals surface area contributed by atoms with E-state index in [1.165, 1.54) is 18.2 Å². The molecule has 21 heavy (non-hydrogen) atoms. The maximum atomic E-state index is 12.3. The van der Waals surface area contributed by atoms with Gasteiger partial charge < -0.3 is 10.4 Å². The number of carboxylic acids is 1. The number of anilines is 1. The van der Waals surface area contributed by atoms with E-state index in [4.69, 9.17) is 5.11 Å². The molecule has 2 rings (SSSR count). The SMILES string of the molecule is CC(C)(C)c1nnsc1C(=O)Nc1cccc(C(=O)O)n1. The van der Waals surface area contributed by atoms with Gasteiger partial charge in [0.2, 0.25) is 0 Å². The molecule has 0 radical (unpaired) electrons. The lowest BCUT2D eigenvalue weighted by Gasteiger charge is -2.16. The zero-order valence-corrected chi connectivity index (χ0v) is 12.6. The van der Waals surface area contributed by atoms with Crippen molar-refractivity contribution in [1.29, 1.82) is 0 Å². The van der Waals surface area contributed by atoms with Crippen LogP contribution in [0.4, 0.5) is 5.82 Å². The highest BCUT2D eigenvalue weighted by atomic mass is 32.1. The minimum Gasteiger partial charge on any atom is -0.477 e. The van der Waals surface area contributed by atoms with Crippen LogP contribution >= 0.6 is 11.5 Å². The van der Waals surface area contributed by atoms with Gasteiger partial charge >= 0.3 is 5.97 Å². The Labute approximate surface area is 125 Å². The van der Waals surface area contributed by atoms with Crippen molar-refractivity contribution in [1.82, 2.24) is 14.6 Å². The van der Waals surface area contributed by atoms with Gasteiger partial charge in [-0.25, -0.2) is 9.78 Å². The number of pyridine rings is 1. The molecule has 0 unspecified atom stereocenters. The lowest BCUT2D eigenvalue weighted by Crippen LogP contribution is -2.20. The van der Waals surface area contributed by atoms with Crippen molar-refractivity contribution in [3.05, 3.63) is 34.5 Å². The first-order valence-corrected chi connectivity index (χ1v) is 6.91. The van der Waals surface area contributed by atoms with Crippen LogP contribution in [0.1, 0.15) is 46.6 Å². The van der Waals surface area contributed by atoms with Crippen LogP contribution in [0.5, 0.6) is 0 Å². The third kappa shape index (κ3) is 3.40. The molecular formula is C13H14N4O3S. The normalized spacial score (nSPS) is 11.2. The van der Waals surface area contributed by atoms with Crippen LogP contribution in [0.15, 0.2) is 18.2 Å². The van der Waals surface area contributed by atoms with Gasteiger partial charge in [-0.1, -0.05) is 31.3 Å². The second kappa shape index (κ2) is 5.57. The summed E-state index contributed by atoms with van der Waals surface area (Å²) in [6.07, 6.45) is 0. The summed E-state index contributed by atoms with van der Waals surface area (Å²) in [4.78, 5) is 27.4. The predicted molar refractivity (Wildman–Crippen MR) is 77.8 cm³/mol. The molecule has 0 fully saturated rings. The lowest BCUT2D eigenvalue weighted by molar-refractivity contribution is 0.0690. The summed E-state index contributed by atoms with van der Waals surface area (Å²) >= 11 is 0.997. The zero-order valence-electron chi connectivity index (χ0n) is 11.7. The van der Waals surface area contributed by atoms with E-state index in [0.717, 1.165) is 11.5 Å². The molecule has 0 aliphatic rings. The molecule has 2 heterocycles. The number of nitrogens with zero attached hydrogens (tertiary/aromatic N) is 3. The number of carboxylic acid groups (broad SMARTS) is 1. The highest BCUT2D eigenvalue weighted by Gasteiger charge is 2.26. The first-order valence-electron chi connectivity index (χ1n) is 6.13. The fourth-order valence-corrected chi connectivity index (χ4v) is 2.40. The molecule has 0 aromatic carbocycles. The van der Waals surface area contributed by atoms with Crippen molar-refractivity contribution in [2.75, 3.05) is 5.32 Å². The third-order valence-corrected chi connectivity index (χ3v) is 3.34. The fourth-order valence-electron chi connectivity index (χ4n) is 1.63. The molecule has 0 bridgehead atoms. The van der Waals surface area contributed by atoms with Crippen molar-refractivity contribution in [3.63, 3.8) is 0 Å². The van der Waals surface area contributed by atoms with Crippen molar-refractivity contribution >= 4 is 29.2 Å². The zero-order chi connectivity index (χ0) is 15.6. The fraction of sp³-hybridized carbons (Fsp3) is 0.308. The molecule has 8 heteroatoms. The Bertz CT molecular complexity index is 691. The molecule has 2 aromatic rings. The van der Waals surface area contributed by atoms with Gasteiger partial charge in [0.1, 0.15) is 10.7 Å². The number of hydrogen-bond acceptors (Lipinski definition) is 6. The van der Waals surface area contributed by atoms with Gasteiger partial charge in [-0.3, -0.25) is 4.79 Å². The van der Waals surface area contributed by atoms with Crippen LogP contribution in [0, 0.1) is 0 Å². The van der Waals surface area contributed by atoms with Gasteiger partial charge in [-0.15, -0.1) is 5.10 Å². The topological polar surface area (TPSA) is 105 Å². The molecule has 0 atom stereocenters. The van der Waals surface area contributed by atoms with Crippen LogP contribution in [0.3, 0.4) is 0 Å². The van der Waals surface area contributed by atoms with Crippen molar-refractivity contribution in [2.45, 2.75) is 26.2 Å². The van der Waals surface area contributed by atoms with Gasteiger partial charge in [0.15, 0.2) is 5.69 Å². The number of nitrogens with one attached hydrogen (secondary N) is 1. The van der Waals surface area contributed by atoms with Gasteiger partial charge in [0.25, 0.3) is 5.91 Å². The number of aromatic nitrogens is 3. The molecule has 7 nitrogen and oxygen atoms in total. The quantitative estimate of drug-likeness (QED) is 0.900. The van der Waals surface area contributed by atoms with Crippen LogP contribution in [-0.2, 0) is 5.41 Å². The molecule has 110 valence electrons. The first kappa shape index (κ1) is 15.0. The highest BCUT2D eigenvalue weighted by Crippen LogP contribution is 2.26. The van der Waals surface area contributed by atoms with E-state index in [1.807, 2.05) is 20.8 Å². The third-order valence-electron chi connectivity index (χ3n) is 2.61. The Hall–Kier alpha value is -2.35. The molecule has 1 amide bonds. The average Bonchev–Trinajstić information content (AvgIpc) is 2.88. The van der Waals surface area contributed by atoms with Crippen LogP contribution in [0.25, 0.3) is 0 Å². The number of amides is 1. The summed E-state index contributed by atoms with van der Waals surface area (Å²) in [5, 5.41) is 15.4. The van der Waals surface area contributed by atoms with Crippen molar-refractivity contribution < 1.29 is 14.7 Å². The second-order valence-electron chi connectivity index (χ2n) is 5.37. The molecule has 0 aliphatic heterocycles. The van der Waals surface area contributed by atoms with E-state index < -0.39 is 11.9 Å². The Morgan fingerprint density at radius 2 is 2.00 bits per heavy atom. The molecule has 0 aliphatic carbocycles. The standard InChI is InChI=1S/C13H14N4O3S/c1-13(2,3)10-9(21-17-16-10)11(18)15-8-6-4-5-7(14-8)12(19)20/h4-6H,1-3H3,(H,19,20)(H,14,15,18). The molecule has 2 aromatic heterocycles. The predicted octanol–water partition coefficient (Wildman–Crippen LogP) is 2.18. The number of hydrogen-bond donors (Lipinski definition) is 2. The van der Waals surface area contributed by atoms with Gasteiger partial charge in [-0.2, -0.15) is 0 Å². The van der Waals surface area contributed by atoms with E-state index in [9.17, 15) is 9.59 Å². The highest BCUT2D eigenvalue weighted by molar-refractivity contribution is 7.08. The molecular weight excluding hydrogens is 292 g/mol. The van der Waals surface area contributed by atoms with Crippen molar-refractivity contribution in [3.8, 4) is 0 Å². The summed E-state index contributed by atoms with van der Waals surface area (Å²) in [6, 6.07) is 4.39. The van der Waals surface area contributed by atoms with Crippen molar-refractivity contribution in [2.24, 2.45) is 0 Å². The van der Waals surface area contributed by atoms with Crippen LogP contribution < -0.4 is 5.32 Å². The number of aromatic carboxylic acids is 1. The summed E-state index contributed by atoms with van der Waals surface area (Å²) in [5.74, 6) is -1.38. The smallest absolute Gasteiger partial charge is 0.354 e. The maximum absolute atomic E-state index is 12.3. The average molecular weight is 306 g/mol. The Kier molecular flexibility index (Phi) is 3.99. The monoisotopic (exact) mass is 306 g/mol. The lowest BCUT2D eigenvalue weighted by atomic mass is 9.91. The summed E-state index contributed by atoms with van der Waals surface area (Å²) in [6.45, 7) is 5.80. The van der Waals surface area contributed by atoms with E-state index in [0.29, 0.717) is 10.6 Å². The minimum atomic E-state index is -1.15. The van der Waals surface area contributed by atoms with Crippen LogP contribution in [-0.4, -0.2) is 31.6 Å². The van der Waals surface area contributed by atoms with Gasteiger partial charge in [-0.05, 0) is 23.7 Å². The van der Waals surface area contributed by atoms with E-state index in [2.05, 4.69) is 19.9 Å². The van der Waals surface area contributed by atoms with E-state index >= 15 is 0 Å². The summed E-state index contributed by atoms with van der Waals surface area (Å²) < 4.78 is 3.81. The summed E-state index contributed by atoms with van der Waals surface area (Å²) in [7, 11) is 0. The molecule has 2 N–H and O–H groups in total. The maximum Gasteiger partial charge on any atom is 0.354 e. The van der Waals surface area contributed by atoms with Gasteiger partial charge in [0.05, 0.1) is 5.69 Å². The Balaban J connectivity index is 2.25. The number of carbonyl (C=O) groups is 2. The largest absolute Gasteiger partial charge is 0.477 e. The number of rotatable bonds is 3. The number of carbonyl (C=O) groups excluding carboxylic acids is 1. The Morgan fingerprint density at radius 3 is 2.62 bits per heavy atom. The van der Waals surface area contributed by atoms with E-state index in [-0.39, 0.29) is 16.9 Å². The molecule has 0 saturated carbocycles. The first-order chi connectivity index (χ1) is 9.79. The van der Waals surface area contributed by atoms with Crippen LogP contribution in [0.2, 0.25) is 0 Å². The van der Waals surface area contributed by atoms with Gasteiger partial charge in [0, 0.05) is 5.41 Å².